The van der Waals surface area contributed by atoms with Crippen molar-refractivity contribution in [2.45, 2.75) is 76.7 Å². The summed E-state index contributed by atoms with van der Waals surface area (Å²) in [7, 11) is 0. The van der Waals surface area contributed by atoms with Crippen LogP contribution in [0.2, 0.25) is 5.02 Å². The molecular formula is C31H42ClN3O5. The Balaban J connectivity index is 1.87. The van der Waals surface area contributed by atoms with Crippen molar-refractivity contribution >= 4 is 35.0 Å². The average Bonchev–Trinajstić information content (AvgIpc) is 3.54. The molecule has 6 atom stereocenters. The number of aliphatic hydroxyl groups is 1. The fourth-order valence-corrected chi connectivity index (χ4v) is 7.64. The zero-order chi connectivity index (χ0) is 29.4. The summed E-state index contributed by atoms with van der Waals surface area (Å²) in [5, 5.41) is 10.6. The monoisotopic (exact) mass is 571 g/mol. The van der Waals surface area contributed by atoms with Crippen LogP contribution in [-0.4, -0.2) is 82.2 Å². The molecule has 3 aliphatic heterocycles. The lowest BCUT2D eigenvalue weighted by molar-refractivity contribution is -0.153. The summed E-state index contributed by atoms with van der Waals surface area (Å²) in [6.07, 6.45) is 5.65. The highest BCUT2D eigenvalue weighted by Crippen LogP contribution is 2.65. The van der Waals surface area contributed by atoms with Crippen molar-refractivity contribution in [3.63, 3.8) is 0 Å². The number of aliphatic hydroxyl groups excluding tert-OH is 1. The summed E-state index contributed by atoms with van der Waals surface area (Å²) >= 11 is 6.62. The Morgan fingerprint density at radius 2 is 1.93 bits per heavy atom. The summed E-state index contributed by atoms with van der Waals surface area (Å²) in [6.45, 7) is 16.0. The van der Waals surface area contributed by atoms with E-state index in [0.29, 0.717) is 43.1 Å². The first-order valence-electron chi connectivity index (χ1n) is 14.3. The maximum Gasteiger partial charge on any atom is 0.253 e. The summed E-state index contributed by atoms with van der Waals surface area (Å²) in [6, 6.07) is 3.73. The van der Waals surface area contributed by atoms with Gasteiger partial charge in [-0.15, -0.1) is 13.2 Å². The van der Waals surface area contributed by atoms with E-state index in [2.05, 4.69) is 13.2 Å². The van der Waals surface area contributed by atoms with Gasteiger partial charge in [0, 0.05) is 19.6 Å². The molecule has 1 N–H and O–H groups in total. The smallest absolute Gasteiger partial charge is 0.253 e. The van der Waals surface area contributed by atoms with Crippen molar-refractivity contribution in [2.24, 2.45) is 11.8 Å². The van der Waals surface area contributed by atoms with Gasteiger partial charge in [-0.1, -0.05) is 49.7 Å². The second-order valence-corrected chi connectivity index (χ2v) is 11.7. The first-order chi connectivity index (χ1) is 19.1. The number of aryl methyl sites for hydroxylation is 1. The molecule has 3 heterocycles. The second kappa shape index (κ2) is 11.7. The Kier molecular flexibility index (Phi) is 8.83. The molecule has 3 saturated heterocycles. The number of likely N-dealkylation sites (tertiary alicyclic amines) is 1. The van der Waals surface area contributed by atoms with Gasteiger partial charge < -0.3 is 24.5 Å². The van der Waals surface area contributed by atoms with Crippen molar-refractivity contribution < 1.29 is 24.2 Å². The molecule has 0 radical (unpaired) electrons. The summed E-state index contributed by atoms with van der Waals surface area (Å²) in [5.41, 5.74) is -0.698. The summed E-state index contributed by atoms with van der Waals surface area (Å²) in [4.78, 5) is 48.0. The molecule has 218 valence electrons. The molecule has 4 rings (SSSR count). The van der Waals surface area contributed by atoms with Gasteiger partial charge in [0.05, 0.1) is 40.8 Å². The number of hydrogen-bond donors (Lipinski definition) is 1. The molecule has 1 aromatic rings. The Hall–Kier alpha value is -2.68. The summed E-state index contributed by atoms with van der Waals surface area (Å²) in [5.74, 6) is -2.38. The van der Waals surface area contributed by atoms with Crippen molar-refractivity contribution in [1.82, 2.24) is 9.80 Å². The Morgan fingerprint density at radius 1 is 1.23 bits per heavy atom. The first-order valence-corrected chi connectivity index (χ1v) is 14.7. The van der Waals surface area contributed by atoms with E-state index in [1.54, 1.807) is 34.9 Å². The van der Waals surface area contributed by atoms with Crippen LogP contribution in [0.4, 0.5) is 5.69 Å². The maximum atomic E-state index is 14.7. The van der Waals surface area contributed by atoms with Crippen molar-refractivity contribution in [3.8, 4) is 0 Å². The van der Waals surface area contributed by atoms with Gasteiger partial charge in [-0.05, 0) is 51.2 Å². The van der Waals surface area contributed by atoms with Crippen LogP contribution < -0.4 is 4.90 Å². The highest BCUT2D eigenvalue weighted by molar-refractivity contribution is 6.34. The molecule has 2 bridgehead atoms. The highest BCUT2D eigenvalue weighted by atomic mass is 35.5. The van der Waals surface area contributed by atoms with Crippen LogP contribution in [-0.2, 0) is 19.1 Å². The quantitative estimate of drug-likeness (QED) is 0.381. The van der Waals surface area contributed by atoms with Gasteiger partial charge in [-0.25, -0.2) is 0 Å². The van der Waals surface area contributed by atoms with E-state index in [9.17, 15) is 19.5 Å². The molecule has 1 aromatic carbocycles. The molecule has 0 aliphatic carbocycles. The number of nitrogens with zero attached hydrogens (tertiary/aromatic N) is 3. The molecule has 3 fully saturated rings. The van der Waals surface area contributed by atoms with Crippen molar-refractivity contribution in [3.05, 3.63) is 54.1 Å². The zero-order valence-corrected chi connectivity index (χ0v) is 24.8. The van der Waals surface area contributed by atoms with Crippen LogP contribution in [0, 0.1) is 18.8 Å². The van der Waals surface area contributed by atoms with Crippen LogP contribution in [0.1, 0.15) is 52.0 Å². The predicted octanol–water partition coefficient (Wildman–Crippen LogP) is 4.13. The topological polar surface area (TPSA) is 90.4 Å². The number of benzene rings is 1. The third-order valence-electron chi connectivity index (χ3n) is 9.05. The number of para-hydroxylation sites is 1. The number of ether oxygens (including phenoxy) is 1. The normalized spacial score (nSPS) is 29.3. The minimum absolute atomic E-state index is 0.141. The lowest BCUT2D eigenvalue weighted by atomic mass is 9.64. The Labute approximate surface area is 242 Å². The molecule has 3 aliphatic rings. The van der Waals surface area contributed by atoms with Gasteiger partial charge in [0.15, 0.2) is 0 Å². The fraction of sp³-hybridized carbons (Fsp3) is 0.581. The minimum atomic E-state index is -1.20. The fourth-order valence-electron chi connectivity index (χ4n) is 7.32. The summed E-state index contributed by atoms with van der Waals surface area (Å²) < 4.78 is 6.89. The van der Waals surface area contributed by atoms with Crippen molar-refractivity contribution in [2.75, 3.05) is 31.1 Å². The van der Waals surface area contributed by atoms with E-state index in [0.717, 1.165) is 12.0 Å². The van der Waals surface area contributed by atoms with E-state index in [1.807, 2.05) is 32.9 Å². The van der Waals surface area contributed by atoms with Gasteiger partial charge in [0.1, 0.15) is 11.6 Å². The van der Waals surface area contributed by atoms with E-state index < -0.39 is 35.1 Å². The number of anilines is 1. The highest BCUT2D eigenvalue weighted by Gasteiger charge is 2.79. The first kappa shape index (κ1) is 30.3. The largest absolute Gasteiger partial charge is 0.394 e. The number of carbonyl (C=O) groups is 3. The lowest BCUT2D eigenvalue weighted by Crippen LogP contribution is -2.58. The van der Waals surface area contributed by atoms with Gasteiger partial charge in [-0.3, -0.25) is 14.4 Å². The third kappa shape index (κ3) is 4.48. The molecule has 3 amide bonds. The Morgan fingerprint density at radius 3 is 2.50 bits per heavy atom. The SMILES string of the molecule is C=CCN(CCC)C(=O)[C@H]1[C@H]2C(=O)N([C@H](C)CO)C(C(=O)N(CC=C)c3c(C)cccc3Cl)C23CC[C@]1(CC)O3. The standard InChI is InChI=1S/C31H42ClN3O5/c1-7-16-33(17-8-2)27(37)23-24-28(38)35(21(6)19-36)26(31(24)15-14-30(23,10-4)40-31)29(39)34(18-9-3)25-20(5)12-11-13-22(25)32/h7,9,11-13,21,23-24,26,36H,1,3,8,10,14-19H2,2,4-6H3/t21-,23-,24+,26?,30+,31?/m1/s1. The number of rotatable bonds is 12. The Bertz CT molecular complexity index is 1170. The number of fused-ring (bicyclic) bond motifs is 1. The van der Waals surface area contributed by atoms with E-state index in [4.69, 9.17) is 16.3 Å². The number of hydrogen-bond acceptors (Lipinski definition) is 5. The van der Waals surface area contributed by atoms with Gasteiger partial charge in [-0.2, -0.15) is 0 Å². The number of halogens is 1. The molecule has 8 nitrogen and oxygen atoms in total. The van der Waals surface area contributed by atoms with E-state index in [-0.39, 0.29) is 30.9 Å². The van der Waals surface area contributed by atoms with Gasteiger partial charge >= 0.3 is 0 Å². The molecule has 1 spiro atoms. The van der Waals surface area contributed by atoms with Crippen LogP contribution in [0.15, 0.2) is 43.5 Å². The zero-order valence-electron chi connectivity index (χ0n) is 24.1. The second-order valence-electron chi connectivity index (χ2n) is 11.3. The maximum absolute atomic E-state index is 14.7. The molecule has 0 saturated carbocycles. The van der Waals surface area contributed by atoms with Crippen LogP contribution >= 0.6 is 11.6 Å². The van der Waals surface area contributed by atoms with E-state index in [1.165, 1.54) is 4.90 Å². The molecule has 9 heteroatoms. The molecule has 0 aromatic heterocycles. The lowest BCUT2D eigenvalue weighted by Gasteiger charge is -2.39. The molecule has 40 heavy (non-hydrogen) atoms. The molecular weight excluding hydrogens is 530 g/mol. The van der Waals surface area contributed by atoms with Crippen LogP contribution in [0.5, 0.6) is 0 Å². The number of amides is 3. The van der Waals surface area contributed by atoms with Crippen molar-refractivity contribution in [1.29, 1.82) is 0 Å². The predicted molar refractivity (Wildman–Crippen MR) is 156 cm³/mol. The minimum Gasteiger partial charge on any atom is -0.394 e. The van der Waals surface area contributed by atoms with Crippen LogP contribution in [0.3, 0.4) is 0 Å². The molecule has 2 unspecified atom stereocenters. The third-order valence-corrected chi connectivity index (χ3v) is 9.35. The number of carbonyl (C=O) groups excluding carboxylic acids is 3. The van der Waals surface area contributed by atoms with Crippen LogP contribution in [0.25, 0.3) is 0 Å². The van der Waals surface area contributed by atoms with Gasteiger partial charge in [0.2, 0.25) is 11.8 Å². The van der Waals surface area contributed by atoms with E-state index >= 15 is 0 Å². The average molecular weight is 572 g/mol. The van der Waals surface area contributed by atoms with Gasteiger partial charge in [0.25, 0.3) is 5.91 Å².